The Balaban J connectivity index is 3.42. The van der Waals surface area contributed by atoms with Crippen molar-refractivity contribution in [3.63, 3.8) is 0 Å². The molecule has 0 aliphatic heterocycles. The smallest absolute Gasteiger partial charge is 0.335 e. The highest BCUT2D eigenvalue weighted by molar-refractivity contribution is 7.89. The zero-order chi connectivity index (χ0) is 15.5. The molecule has 1 aromatic carbocycles. The van der Waals surface area contributed by atoms with Gasteiger partial charge < -0.3 is 10.2 Å². The second-order valence-electron chi connectivity index (χ2n) is 4.67. The quantitative estimate of drug-likeness (QED) is 0.820. The second-order valence-corrected chi connectivity index (χ2v) is 6.53. The third-order valence-electron chi connectivity index (χ3n) is 3.00. The molecule has 0 fully saturated rings. The van der Waals surface area contributed by atoms with Crippen LogP contribution in [0.3, 0.4) is 0 Å². The number of carboxylic acid groups (broad SMARTS) is 1. The minimum Gasteiger partial charge on any atom is -0.478 e. The van der Waals surface area contributed by atoms with E-state index in [1.807, 2.05) is 0 Å². The van der Waals surface area contributed by atoms with E-state index in [-0.39, 0.29) is 35.2 Å². The van der Waals surface area contributed by atoms with Crippen LogP contribution in [0.15, 0.2) is 23.1 Å². The first-order valence-electron chi connectivity index (χ1n) is 6.19. The summed E-state index contributed by atoms with van der Waals surface area (Å²) in [4.78, 5) is 11.0. The molecule has 0 atom stereocenters. The van der Waals surface area contributed by atoms with Gasteiger partial charge in [0.05, 0.1) is 17.1 Å². The monoisotopic (exact) mass is 301 g/mol. The Morgan fingerprint density at radius 2 is 1.95 bits per heavy atom. The first kappa shape index (κ1) is 16.6. The molecule has 0 aromatic heterocycles. The van der Waals surface area contributed by atoms with Crippen LogP contribution in [0.2, 0.25) is 0 Å². The summed E-state index contributed by atoms with van der Waals surface area (Å²) >= 11 is 0. The predicted octanol–water partition coefficient (Wildman–Crippen LogP) is 1.08. The van der Waals surface area contributed by atoms with Crippen molar-refractivity contribution in [2.24, 2.45) is 0 Å². The van der Waals surface area contributed by atoms with Crippen molar-refractivity contribution in [1.82, 2.24) is 4.31 Å². The zero-order valence-electron chi connectivity index (χ0n) is 11.7. The van der Waals surface area contributed by atoms with Crippen LogP contribution in [0.4, 0.5) is 0 Å². The first-order chi connectivity index (χ1) is 9.23. The Labute approximate surface area is 118 Å². The van der Waals surface area contributed by atoms with E-state index in [1.54, 1.807) is 13.8 Å². The van der Waals surface area contributed by atoms with Gasteiger partial charge in [-0.05, 0) is 38.5 Å². The van der Waals surface area contributed by atoms with E-state index in [2.05, 4.69) is 0 Å². The van der Waals surface area contributed by atoms with Crippen LogP contribution in [-0.2, 0) is 10.0 Å². The summed E-state index contributed by atoms with van der Waals surface area (Å²) in [5.74, 6) is -1.17. The molecule has 0 amide bonds. The largest absolute Gasteiger partial charge is 0.478 e. The molecule has 20 heavy (non-hydrogen) atoms. The summed E-state index contributed by atoms with van der Waals surface area (Å²) in [6.07, 6.45) is 0. The van der Waals surface area contributed by atoms with Gasteiger partial charge in [0.15, 0.2) is 0 Å². The molecule has 0 heterocycles. The molecule has 1 aromatic rings. The van der Waals surface area contributed by atoms with Crippen LogP contribution in [0.5, 0.6) is 0 Å². The Kier molecular flexibility index (Phi) is 5.27. The molecule has 0 aliphatic rings. The predicted molar refractivity (Wildman–Crippen MR) is 74.3 cm³/mol. The summed E-state index contributed by atoms with van der Waals surface area (Å²) in [5.41, 5.74) is 0.155. The fourth-order valence-electron chi connectivity index (χ4n) is 2.01. The maximum atomic E-state index is 12.6. The average molecular weight is 301 g/mol. The number of carboxylic acids is 1. The SMILES string of the molecule is Cc1c(C(=O)O)cccc1S(=O)(=O)N(CCO)C(C)C. The number of hydrogen-bond acceptors (Lipinski definition) is 4. The number of hydrogen-bond donors (Lipinski definition) is 2. The maximum Gasteiger partial charge on any atom is 0.335 e. The number of aliphatic hydroxyl groups is 1. The van der Waals surface area contributed by atoms with Crippen molar-refractivity contribution in [3.8, 4) is 0 Å². The minimum absolute atomic E-state index is 0.0310. The Morgan fingerprint density at radius 1 is 1.35 bits per heavy atom. The van der Waals surface area contributed by atoms with E-state index < -0.39 is 16.0 Å². The molecule has 112 valence electrons. The first-order valence-corrected chi connectivity index (χ1v) is 7.63. The van der Waals surface area contributed by atoms with Crippen molar-refractivity contribution >= 4 is 16.0 Å². The molecule has 1 rings (SSSR count). The normalized spacial score (nSPS) is 12.1. The number of carbonyl (C=O) groups is 1. The summed E-state index contributed by atoms with van der Waals surface area (Å²) in [7, 11) is -3.84. The number of rotatable bonds is 6. The molecule has 6 nitrogen and oxygen atoms in total. The number of benzene rings is 1. The van der Waals surface area contributed by atoms with Gasteiger partial charge in [-0.15, -0.1) is 0 Å². The number of nitrogens with zero attached hydrogens (tertiary/aromatic N) is 1. The van der Waals surface area contributed by atoms with Crippen LogP contribution in [0.25, 0.3) is 0 Å². The molecule has 2 N–H and O–H groups in total. The standard InChI is InChI=1S/C13H19NO5S/c1-9(2)14(7-8-15)20(18,19)12-6-4-5-11(10(12)3)13(16)17/h4-6,9,15H,7-8H2,1-3H3,(H,16,17). The van der Waals surface area contributed by atoms with E-state index in [4.69, 9.17) is 10.2 Å². The summed E-state index contributed by atoms with van der Waals surface area (Å²) in [5, 5.41) is 18.1. The topological polar surface area (TPSA) is 94.9 Å². The Bertz CT molecular complexity index is 595. The molecule has 0 saturated heterocycles. The van der Waals surface area contributed by atoms with E-state index in [1.165, 1.54) is 25.1 Å². The van der Waals surface area contributed by atoms with E-state index in [9.17, 15) is 13.2 Å². The fourth-order valence-corrected chi connectivity index (χ4v) is 3.88. The fraction of sp³-hybridized carbons (Fsp3) is 0.462. The van der Waals surface area contributed by atoms with Crippen LogP contribution in [0, 0.1) is 6.92 Å². The second kappa shape index (κ2) is 6.34. The average Bonchev–Trinajstić information content (AvgIpc) is 2.34. The molecule has 0 aliphatic carbocycles. The molecular formula is C13H19NO5S. The lowest BCUT2D eigenvalue weighted by Gasteiger charge is -2.26. The van der Waals surface area contributed by atoms with Gasteiger partial charge >= 0.3 is 5.97 Å². The van der Waals surface area contributed by atoms with Gasteiger partial charge in [-0.3, -0.25) is 0 Å². The number of aliphatic hydroxyl groups excluding tert-OH is 1. The van der Waals surface area contributed by atoms with Gasteiger partial charge in [0.2, 0.25) is 10.0 Å². The summed E-state index contributed by atoms with van der Waals surface area (Å²) in [6, 6.07) is 3.81. The van der Waals surface area contributed by atoms with Crippen molar-refractivity contribution < 1.29 is 23.4 Å². The van der Waals surface area contributed by atoms with Crippen molar-refractivity contribution in [1.29, 1.82) is 0 Å². The Morgan fingerprint density at radius 3 is 2.40 bits per heavy atom. The lowest BCUT2D eigenvalue weighted by Crippen LogP contribution is -2.39. The maximum absolute atomic E-state index is 12.6. The van der Waals surface area contributed by atoms with Gasteiger partial charge in [-0.2, -0.15) is 4.31 Å². The molecule has 0 bridgehead atoms. The number of aromatic carboxylic acids is 1. The Hall–Kier alpha value is -1.44. The van der Waals surface area contributed by atoms with E-state index >= 15 is 0 Å². The molecule has 0 unspecified atom stereocenters. The van der Waals surface area contributed by atoms with E-state index in [0.717, 1.165) is 4.31 Å². The highest BCUT2D eigenvalue weighted by Crippen LogP contribution is 2.24. The molecule has 0 saturated carbocycles. The summed E-state index contributed by atoms with van der Waals surface area (Å²) < 4.78 is 26.3. The third-order valence-corrected chi connectivity index (χ3v) is 5.22. The lowest BCUT2D eigenvalue weighted by atomic mass is 10.1. The van der Waals surface area contributed by atoms with Crippen molar-refractivity contribution in [2.45, 2.75) is 31.7 Å². The van der Waals surface area contributed by atoms with Gasteiger partial charge in [0.1, 0.15) is 0 Å². The van der Waals surface area contributed by atoms with Crippen molar-refractivity contribution in [3.05, 3.63) is 29.3 Å². The zero-order valence-corrected chi connectivity index (χ0v) is 12.5. The molecule has 7 heteroatoms. The van der Waals surface area contributed by atoms with Crippen LogP contribution in [0.1, 0.15) is 29.8 Å². The number of sulfonamides is 1. The van der Waals surface area contributed by atoms with Gasteiger partial charge in [0, 0.05) is 12.6 Å². The molecule has 0 spiro atoms. The highest BCUT2D eigenvalue weighted by atomic mass is 32.2. The third kappa shape index (κ3) is 3.17. The van der Waals surface area contributed by atoms with Gasteiger partial charge in [-0.25, -0.2) is 13.2 Å². The van der Waals surface area contributed by atoms with Crippen LogP contribution < -0.4 is 0 Å². The summed E-state index contributed by atoms with van der Waals surface area (Å²) in [6.45, 7) is 4.53. The van der Waals surface area contributed by atoms with E-state index in [0.29, 0.717) is 0 Å². The van der Waals surface area contributed by atoms with Crippen LogP contribution >= 0.6 is 0 Å². The molecule has 0 radical (unpaired) electrons. The lowest BCUT2D eigenvalue weighted by molar-refractivity contribution is 0.0695. The van der Waals surface area contributed by atoms with Crippen LogP contribution in [-0.4, -0.2) is 48.1 Å². The minimum atomic E-state index is -3.84. The molecular weight excluding hydrogens is 282 g/mol. The highest BCUT2D eigenvalue weighted by Gasteiger charge is 2.29. The van der Waals surface area contributed by atoms with Crippen molar-refractivity contribution in [2.75, 3.05) is 13.2 Å². The van der Waals surface area contributed by atoms with Gasteiger partial charge in [-0.1, -0.05) is 6.07 Å². The van der Waals surface area contributed by atoms with Gasteiger partial charge in [0.25, 0.3) is 0 Å².